The highest BCUT2D eigenvalue weighted by molar-refractivity contribution is 6.34. The fraction of sp³-hybridized carbons (Fsp3) is 0.318. The van der Waals surface area contributed by atoms with Crippen molar-refractivity contribution in [1.29, 1.82) is 5.26 Å². The fourth-order valence-electron chi connectivity index (χ4n) is 3.82. The minimum Gasteiger partial charge on any atom is -0.349 e. The van der Waals surface area contributed by atoms with Gasteiger partial charge in [-0.1, -0.05) is 11.6 Å². The number of H-pyrrole nitrogens is 2. The Labute approximate surface area is 207 Å². The number of amides is 2. The third kappa shape index (κ3) is 5.50. The minimum absolute atomic E-state index is 0.00124. The van der Waals surface area contributed by atoms with Crippen LogP contribution in [0.25, 0.3) is 0 Å². The predicted molar refractivity (Wildman–Crippen MR) is 122 cm³/mol. The second kappa shape index (κ2) is 10.00. The normalized spacial score (nSPS) is 17.2. The van der Waals surface area contributed by atoms with Crippen LogP contribution >= 0.6 is 11.6 Å². The molecule has 0 spiro atoms. The molecule has 0 atom stereocenters. The number of hydrogen-bond acceptors (Lipinski definition) is 6. The van der Waals surface area contributed by atoms with E-state index in [1.165, 1.54) is 24.4 Å². The Hall–Kier alpha value is -3.89. The van der Waals surface area contributed by atoms with Crippen molar-refractivity contribution in [1.82, 2.24) is 25.5 Å². The first-order valence-electron chi connectivity index (χ1n) is 10.8. The first-order valence-corrected chi connectivity index (χ1v) is 11.1. The zero-order valence-corrected chi connectivity index (χ0v) is 19.3. The predicted octanol–water partition coefficient (Wildman–Crippen LogP) is 2.93. The highest BCUT2D eigenvalue weighted by Gasteiger charge is 2.38. The molecule has 1 aliphatic rings. The maximum atomic E-state index is 13.3. The van der Waals surface area contributed by atoms with Gasteiger partial charge in [-0.25, -0.2) is 4.98 Å². The average Bonchev–Trinajstić information content (AvgIpc) is 3.41. The van der Waals surface area contributed by atoms with Gasteiger partial charge in [0.05, 0.1) is 28.8 Å². The van der Waals surface area contributed by atoms with E-state index in [1.807, 2.05) is 0 Å². The molecule has 3 aromatic rings. The van der Waals surface area contributed by atoms with Crippen LogP contribution in [-0.4, -0.2) is 44.1 Å². The zero-order valence-electron chi connectivity index (χ0n) is 18.5. The highest BCUT2D eigenvalue weighted by Crippen LogP contribution is 2.33. The molecule has 0 unspecified atom stereocenters. The molecule has 0 aliphatic heterocycles. The third-order valence-electron chi connectivity index (χ3n) is 5.67. The molecule has 2 heterocycles. The van der Waals surface area contributed by atoms with E-state index in [4.69, 9.17) is 22.6 Å². The molecule has 1 fully saturated rings. The van der Waals surface area contributed by atoms with Crippen LogP contribution in [0.3, 0.4) is 0 Å². The summed E-state index contributed by atoms with van der Waals surface area (Å²) in [4.78, 5) is 31.6. The van der Waals surface area contributed by atoms with Gasteiger partial charge >= 0.3 is 6.18 Å². The van der Waals surface area contributed by atoms with Gasteiger partial charge in [-0.3, -0.25) is 14.7 Å². The minimum atomic E-state index is -4.72. The van der Waals surface area contributed by atoms with Crippen molar-refractivity contribution in [2.75, 3.05) is 5.32 Å². The molecule has 36 heavy (non-hydrogen) atoms. The number of halogens is 4. The van der Waals surface area contributed by atoms with Crippen LogP contribution in [0.15, 0.2) is 24.4 Å². The standard InChI is InChI=1S/C22H20ClF3N8O2/c23-16-8-11(1-2-14(16)20(35)32-12-5-10(28)6-12)31-21(36)19-29-9-13(30-19)7-15-17(3-4-27)33-34-18(15)22(24,25)26/h1-2,8-10,12H,3,5-7,28H2,(H,29,30)(H,31,36)(H,32,35)(H,33,34). The summed E-state index contributed by atoms with van der Waals surface area (Å²) < 4.78 is 39.9. The number of benzene rings is 1. The van der Waals surface area contributed by atoms with E-state index in [0.29, 0.717) is 12.8 Å². The summed E-state index contributed by atoms with van der Waals surface area (Å²) in [7, 11) is 0. The van der Waals surface area contributed by atoms with Gasteiger partial charge in [-0.2, -0.15) is 23.5 Å². The molecule has 1 saturated carbocycles. The van der Waals surface area contributed by atoms with Crippen LogP contribution in [0.2, 0.25) is 5.02 Å². The van der Waals surface area contributed by atoms with Crippen LogP contribution in [0.4, 0.5) is 18.9 Å². The van der Waals surface area contributed by atoms with E-state index in [-0.39, 0.29) is 69.9 Å². The Morgan fingerprint density at radius 2 is 2.03 bits per heavy atom. The molecule has 10 nitrogen and oxygen atoms in total. The van der Waals surface area contributed by atoms with E-state index in [2.05, 4.69) is 30.8 Å². The molecule has 0 saturated heterocycles. The molecule has 1 aliphatic carbocycles. The summed E-state index contributed by atoms with van der Waals surface area (Å²) in [6, 6.07) is 6.23. The molecule has 2 amide bonds. The summed E-state index contributed by atoms with van der Waals surface area (Å²) >= 11 is 6.22. The number of nitrogens with zero attached hydrogens (tertiary/aromatic N) is 3. The summed E-state index contributed by atoms with van der Waals surface area (Å²) in [5.74, 6) is -1.17. The van der Waals surface area contributed by atoms with Crippen LogP contribution < -0.4 is 16.4 Å². The first kappa shape index (κ1) is 25.2. The van der Waals surface area contributed by atoms with Crippen LogP contribution in [0, 0.1) is 11.3 Å². The maximum absolute atomic E-state index is 13.3. The lowest BCUT2D eigenvalue weighted by Crippen LogP contribution is -2.50. The van der Waals surface area contributed by atoms with Crippen molar-refractivity contribution in [3.8, 4) is 6.07 Å². The Morgan fingerprint density at radius 3 is 2.67 bits per heavy atom. The maximum Gasteiger partial charge on any atom is 0.435 e. The van der Waals surface area contributed by atoms with Crippen molar-refractivity contribution in [3.63, 3.8) is 0 Å². The molecule has 188 valence electrons. The van der Waals surface area contributed by atoms with Gasteiger partial charge in [0.1, 0.15) is 0 Å². The van der Waals surface area contributed by atoms with Crippen molar-refractivity contribution >= 4 is 29.1 Å². The van der Waals surface area contributed by atoms with Gasteiger partial charge in [-0.15, -0.1) is 0 Å². The highest BCUT2D eigenvalue weighted by atomic mass is 35.5. The van der Waals surface area contributed by atoms with Gasteiger partial charge in [0, 0.05) is 41.6 Å². The van der Waals surface area contributed by atoms with Gasteiger partial charge in [-0.05, 0) is 31.0 Å². The second-order valence-corrected chi connectivity index (χ2v) is 8.75. The lowest BCUT2D eigenvalue weighted by Gasteiger charge is -2.33. The quantitative estimate of drug-likeness (QED) is 0.321. The number of rotatable bonds is 7. The molecule has 4 rings (SSSR count). The number of nitrogens with one attached hydrogen (secondary N) is 4. The van der Waals surface area contributed by atoms with E-state index in [9.17, 15) is 22.8 Å². The number of hydrogen-bond donors (Lipinski definition) is 5. The fourth-order valence-corrected chi connectivity index (χ4v) is 4.08. The smallest absolute Gasteiger partial charge is 0.349 e. The molecular weight excluding hydrogens is 501 g/mol. The number of nitriles is 1. The van der Waals surface area contributed by atoms with Crippen molar-refractivity contribution in [2.45, 2.75) is 43.9 Å². The summed E-state index contributed by atoms with van der Waals surface area (Å²) in [6.45, 7) is 0. The number of alkyl halides is 3. The molecule has 6 N–H and O–H groups in total. The number of imidazole rings is 1. The number of nitrogens with two attached hydrogens (primary N) is 1. The largest absolute Gasteiger partial charge is 0.435 e. The lowest BCUT2D eigenvalue weighted by molar-refractivity contribution is -0.141. The van der Waals surface area contributed by atoms with Crippen molar-refractivity contribution in [3.05, 3.63) is 63.5 Å². The van der Waals surface area contributed by atoms with Gasteiger partial charge in [0.25, 0.3) is 11.8 Å². The number of aromatic amines is 2. The topological polar surface area (TPSA) is 165 Å². The Kier molecular flexibility index (Phi) is 7.00. The van der Waals surface area contributed by atoms with E-state index >= 15 is 0 Å². The van der Waals surface area contributed by atoms with Crippen LogP contribution in [0.5, 0.6) is 0 Å². The number of anilines is 1. The second-order valence-electron chi connectivity index (χ2n) is 8.35. The zero-order chi connectivity index (χ0) is 26.0. The molecule has 14 heteroatoms. The average molecular weight is 521 g/mol. The van der Waals surface area contributed by atoms with Gasteiger partial charge < -0.3 is 21.4 Å². The molecule has 1 aromatic carbocycles. The van der Waals surface area contributed by atoms with Crippen molar-refractivity contribution in [2.24, 2.45) is 5.73 Å². The third-order valence-corrected chi connectivity index (χ3v) is 5.98. The first-order chi connectivity index (χ1) is 17.0. The summed E-state index contributed by atoms with van der Waals surface area (Å²) in [5, 5.41) is 19.9. The Morgan fingerprint density at radius 1 is 1.28 bits per heavy atom. The van der Waals surface area contributed by atoms with Gasteiger partial charge in [0.15, 0.2) is 11.5 Å². The van der Waals surface area contributed by atoms with Gasteiger partial charge in [0.2, 0.25) is 0 Å². The van der Waals surface area contributed by atoms with E-state index < -0.39 is 17.8 Å². The van der Waals surface area contributed by atoms with Crippen LogP contribution in [0.1, 0.15) is 56.5 Å². The van der Waals surface area contributed by atoms with E-state index in [1.54, 1.807) is 6.07 Å². The Balaban J connectivity index is 1.43. The number of carbonyl (C=O) groups is 2. The summed E-state index contributed by atoms with van der Waals surface area (Å²) in [6.07, 6.45) is -2.66. The number of carbonyl (C=O) groups excluding carboxylic acids is 2. The Bertz CT molecular complexity index is 1340. The lowest BCUT2D eigenvalue weighted by atomic mass is 9.87. The van der Waals surface area contributed by atoms with E-state index in [0.717, 1.165) is 0 Å². The molecule has 0 radical (unpaired) electrons. The SMILES string of the molecule is N#CCc1[nH]nc(C(F)(F)F)c1Cc1cnc(C(=O)Nc2ccc(C(=O)NC3CC(N)C3)c(Cl)c2)[nH]1. The molecule has 2 aromatic heterocycles. The number of aromatic nitrogens is 4. The molecule has 0 bridgehead atoms. The monoisotopic (exact) mass is 520 g/mol. The van der Waals surface area contributed by atoms with Crippen LogP contribution in [-0.2, 0) is 19.0 Å². The van der Waals surface area contributed by atoms with Crippen molar-refractivity contribution < 1.29 is 22.8 Å². The molecular formula is C22H20ClF3N8O2. The summed E-state index contributed by atoms with van der Waals surface area (Å²) in [5.41, 5.74) is 5.16.